The first-order valence-electron chi connectivity index (χ1n) is 3.40. The van der Waals surface area contributed by atoms with Crippen molar-refractivity contribution in [3.05, 3.63) is 18.5 Å². The average Bonchev–Trinajstić information content (AvgIpc) is 2.46. The van der Waals surface area contributed by atoms with E-state index in [1.54, 1.807) is 24.7 Å². The molecule has 5 heteroatoms. The van der Waals surface area contributed by atoms with Crippen LogP contribution >= 0.6 is 0 Å². The second-order valence-electron chi connectivity index (χ2n) is 2.39. The summed E-state index contributed by atoms with van der Waals surface area (Å²) < 4.78 is 11.0. The van der Waals surface area contributed by atoms with Gasteiger partial charge >= 0.3 is 0 Å². The molecule has 0 saturated carbocycles. The summed E-state index contributed by atoms with van der Waals surface area (Å²) in [6, 6.07) is 1.78. The van der Waals surface area contributed by atoms with E-state index in [1.807, 2.05) is 0 Å². The quantitative estimate of drug-likeness (QED) is 0.704. The molecule has 2 aromatic rings. The molecule has 0 bridgehead atoms. The number of rotatable bonds is 1. The number of aromatic nitrogens is 3. The lowest BCUT2D eigenvalue weighted by atomic mass is 10.4. The highest BCUT2D eigenvalue weighted by molar-refractivity contribution is 7.84. The fourth-order valence-electron chi connectivity index (χ4n) is 0.970. The van der Waals surface area contributed by atoms with Gasteiger partial charge in [0.15, 0.2) is 5.16 Å². The molecule has 0 fully saturated rings. The van der Waals surface area contributed by atoms with Crippen molar-refractivity contribution >= 4 is 21.8 Å². The predicted molar refractivity (Wildman–Crippen MR) is 46.2 cm³/mol. The van der Waals surface area contributed by atoms with Gasteiger partial charge in [0.25, 0.3) is 0 Å². The largest absolute Gasteiger partial charge is 0.330 e. The molecule has 0 saturated heterocycles. The normalized spacial score (nSPS) is 13.4. The zero-order valence-corrected chi connectivity index (χ0v) is 7.26. The predicted octanol–water partition coefficient (Wildman–Crippen LogP) is 0.695. The molecule has 0 amide bonds. The van der Waals surface area contributed by atoms with E-state index in [2.05, 4.69) is 15.0 Å². The summed E-state index contributed by atoms with van der Waals surface area (Å²) in [6.07, 6.45) is 4.91. The van der Waals surface area contributed by atoms with Crippen LogP contribution in [0.5, 0.6) is 0 Å². The Bertz CT molecular complexity index is 404. The molecule has 1 atom stereocenters. The maximum absolute atomic E-state index is 11.0. The molecule has 0 aromatic carbocycles. The lowest BCUT2D eigenvalue weighted by Gasteiger charge is -1.82. The second-order valence-corrected chi connectivity index (χ2v) is 3.68. The number of hydrogen-bond acceptors (Lipinski definition) is 3. The molecule has 0 spiro atoms. The summed E-state index contributed by atoms with van der Waals surface area (Å²) in [5.41, 5.74) is 1.62. The van der Waals surface area contributed by atoms with Gasteiger partial charge in [-0.15, -0.1) is 0 Å². The molecule has 62 valence electrons. The van der Waals surface area contributed by atoms with Crippen LogP contribution in [0.3, 0.4) is 0 Å². The molecule has 12 heavy (non-hydrogen) atoms. The molecule has 0 aliphatic rings. The zero-order chi connectivity index (χ0) is 8.55. The third kappa shape index (κ3) is 1.12. The van der Waals surface area contributed by atoms with E-state index in [-0.39, 0.29) is 0 Å². The first kappa shape index (κ1) is 7.42. The van der Waals surface area contributed by atoms with E-state index in [4.69, 9.17) is 0 Å². The van der Waals surface area contributed by atoms with Crippen LogP contribution in [-0.2, 0) is 10.8 Å². The fourth-order valence-corrected chi connectivity index (χ4v) is 1.45. The Labute approximate surface area is 71.5 Å². The minimum Gasteiger partial charge on any atom is -0.330 e. The Balaban J connectivity index is 2.70. The van der Waals surface area contributed by atoms with Gasteiger partial charge in [-0.1, -0.05) is 0 Å². The molecule has 0 aliphatic carbocycles. The van der Waals surface area contributed by atoms with E-state index < -0.39 is 10.8 Å². The highest BCUT2D eigenvalue weighted by Gasteiger charge is 2.03. The fraction of sp³-hybridized carbons (Fsp3) is 0.143. The first-order valence-corrected chi connectivity index (χ1v) is 4.96. The number of H-pyrrole nitrogens is 1. The Kier molecular flexibility index (Phi) is 1.65. The summed E-state index contributed by atoms with van der Waals surface area (Å²) in [7, 11) is -1.06. The molecular formula is C7H7N3OS. The Morgan fingerprint density at radius 3 is 3.08 bits per heavy atom. The number of nitrogens with zero attached hydrogens (tertiary/aromatic N) is 2. The standard InChI is InChI=1S/C7H7N3OS/c1-12(11)7-9-5-2-3-8-4-6(5)10-7/h2-4H,1H3,(H,9,10). The van der Waals surface area contributed by atoms with Crippen LogP contribution in [0.2, 0.25) is 0 Å². The van der Waals surface area contributed by atoms with Crippen LogP contribution in [0.4, 0.5) is 0 Å². The van der Waals surface area contributed by atoms with Crippen LogP contribution in [0.25, 0.3) is 11.0 Å². The van der Waals surface area contributed by atoms with Gasteiger partial charge in [0.2, 0.25) is 0 Å². The van der Waals surface area contributed by atoms with E-state index in [0.717, 1.165) is 11.0 Å². The third-order valence-corrected chi connectivity index (χ3v) is 2.27. The number of fused-ring (bicyclic) bond motifs is 1. The Morgan fingerprint density at radius 2 is 2.42 bits per heavy atom. The summed E-state index contributed by atoms with van der Waals surface area (Å²) in [5.74, 6) is 0. The first-order chi connectivity index (χ1) is 5.77. The minimum atomic E-state index is -1.06. The monoisotopic (exact) mass is 181 g/mol. The van der Waals surface area contributed by atoms with Crippen molar-refractivity contribution in [3.8, 4) is 0 Å². The molecule has 2 rings (SSSR count). The van der Waals surface area contributed by atoms with Gasteiger partial charge in [-0.2, -0.15) is 0 Å². The second kappa shape index (κ2) is 2.67. The summed E-state index contributed by atoms with van der Waals surface area (Å²) in [4.78, 5) is 11.0. The van der Waals surface area contributed by atoms with E-state index in [9.17, 15) is 4.21 Å². The summed E-state index contributed by atoms with van der Waals surface area (Å²) >= 11 is 0. The van der Waals surface area contributed by atoms with E-state index in [1.165, 1.54) is 0 Å². The van der Waals surface area contributed by atoms with Crippen molar-refractivity contribution in [2.75, 3.05) is 6.26 Å². The van der Waals surface area contributed by atoms with Crippen LogP contribution in [0.15, 0.2) is 23.6 Å². The minimum absolute atomic E-state index is 0.498. The van der Waals surface area contributed by atoms with Crippen molar-refractivity contribution in [2.24, 2.45) is 0 Å². The SMILES string of the molecule is CS(=O)c1nc2ccncc2[nH]1. The lowest BCUT2D eigenvalue weighted by molar-refractivity contribution is 0.682. The van der Waals surface area contributed by atoms with Crippen molar-refractivity contribution in [1.82, 2.24) is 15.0 Å². The van der Waals surface area contributed by atoms with E-state index >= 15 is 0 Å². The van der Waals surface area contributed by atoms with Gasteiger partial charge in [0.05, 0.1) is 28.0 Å². The van der Waals surface area contributed by atoms with Gasteiger partial charge in [-0.25, -0.2) is 4.98 Å². The third-order valence-electron chi connectivity index (χ3n) is 1.53. The Hall–Kier alpha value is -1.23. The smallest absolute Gasteiger partial charge is 0.197 e. The molecule has 0 aliphatic heterocycles. The maximum atomic E-state index is 11.0. The summed E-state index contributed by atoms with van der Waals surface area (Å²) in [5, 5.41) is 0.498. The van der Waals surface area contributed by atoms with Gasteiger partial charge in [0, 0.05) is 12.5 Å². The molecule has 2 heterocycles. The van der Waals surface area contributed by atoms with Crippen LogP contribution in [0, 0.1) is 0 Å². The van der Waals surface area contributed by atoms with Crippen molar-refractivity contribution in [1.29, 1.82) is 0 Å². The molecule has 4 nitrogen and oxygen atoms in total. The lowest BCUT2D eigenvalue weighted by Crippen LogP contribution is -1.88. The van der Waals surface area contributed by atoms with Gasteiger partial charge in [0.1, 0.15) is 0 Å². The summed E-state index contributed by atoms with van der Waals surface area (Å²) in [6.45, 7) is 0. The van der Waals surface area contributed by atoms with Gasteiger partial charge in [-0.3, -0.25) is 9.19 Å². The molecule has 1 unspecified atom stereocenters. The van der Waals surface area contributed by atoms with Gasteiger partial charge in [-0.05, 0) is 6.07 Å². The van der Waals surface area contributed by atoms with Crippen molar-refractivity contribution in [3.63, 3.8) is 0 Å². The average molecular weight is 181 g/mol. The number of imidazole rings is 1. The van der Waals surface area contributed by atoms with Crippen LogP contribution < -0.4 is 0 Å². The highest BCUT2D eigenvalue weighted by atomic mass is 32.2. The van der Waals surface area contributed by atoms with Gasteiger partial charge < -0.3 is 4.98 Å². The molecule has 1 N–H and O–H groups in total. The number of aromatic amines is 1. The highest BCUT2D eigenvalue weighted by Crippen LogP contribution is 2.09. The number of nitrogens with one attached hydrogen (secondary N) is 1. The van der Waals surface area contributed by atoms with Crippen LogP contribution in [0.1, 0.15) is 0 Å². The van der Waals surface area contributed by atoms with Crippen molar-refractivity contribution < 1.29 is 4.21 Å². The van der Waals surface area contributed by atoms with Crippen LogP contribution in [-0.4, -0.2) is 25.4 Å². The molecule has 0 radical (unpaired) electrons. The van der Waals surface area contributed by atoms with Crippen molar-refractivity contribution in [2.45, 2.75) is 5.16 Å². The van der Waals surface area contributed by atoms with E-state index in [0.29, 0.717) is 5.16 Å². The molecule has 2 aromatic heterocycles. The number of hydrogen-bond donors (Lipinski definition) is 1. The maximum Gasteiger partial charge on any atom is 0.197 e. The topological polar surface area (TPSA) is 58.6 Å². The number of pyridine rings is 1. The molecular weight excluding hydrogens is 174 g/mol. The Morgan fingerprint density at radius 1 is 1.58 bits per heavy atom. The zero-order valence-electron chi connectivity index (χ0n) is 6.44.